The maximum Gasteiger partial charge on any atom is 0.121 e. The monoisotopic (exact) mass is 320 g/mol. The van der Waals surface area contributed by atoms with Crippen molar-refractivity contribution in [1.82, 2.24) is 15.3 Å². The number of rotatable bonds is 8. The standard InChI is InChI=1S/C19H20N4O/c20-10-3-4-11-24-16-7-5-6-15(12-16)13-21-14-19-22-17-8-1-2-9-18(17)23-19/h1-2,5-9,12,21H,3-4,11,13-14H2,(H,22,23). The Morgan fingerprint density at radius 1 is 1.12 bits per heavy atom. The van der Waals surface area contributed by atoms with Crippen molar-refractivity contribution in [3.63, 3.8) is 0 Å². The number of aromatic nitrogens is 2. The van der Waals surface area contributed by atoms with Crippen molar-refractivity contribution < 1.29 is 4.74 Å². The predicted molar refractivity (Wildman–Crippen MR) is 93.4 cm³/mol. The Labute approximate surface area is 141 Å². The molecule has 24 heavy (non-hydrogen) atoms. The Hall–Kier alpha value is -2.84. The molecular weight excluding hydrogens is 300 g/mol. The fraction of sp³-hybridized carbons (Fsp3) is 0.263. The molecule has 0 fully saturated rings. The molecule has 3 aromatic rings. The van der Waals surface area contributed by atoms with Gasteiger partial charge < -0.3 is 15.0 Å². The third kappa shape index (κ3) is 4.34. The number of nitriles is 1. The summed E-state index contributed by atoms with van der Waals surface area (Å²) in [7, 11) is 0. The molecule has 0 saturated heterocycles. The second-order valence-electron chi connectivity index (χ2n) is 5.56. The van der Waals surface area contributed by atoms with Gasteiger partial charge in [-0.2, -0.15) is 5.26 Å². The summed E-state index contributed by atoms with van der Waals surface area (Å²) in [6.45, 7) is 2.00. The van der Waals surface area contributed by atoms with Crippen LogP contribution in [0.15, 0.2) is 48.5 Å². The highest BCUT2D eigenvalue weighted by molar-refractivity contribution is 5.74. The number of hydrogen-bond acceptors (Lipinski definition) is 4. The zero-order valence-electron chi connectivity index (χ0n) is 13.5. The smallest absolute Gasteiger partial charge is 0.121 e. The molecule has 0 atom stereocenters. The molecule has 0 aliphatic heterocycles. The zero-order valence-corrected chi connectivity index (χ0v) is 13.5. The minimum Gasteiger partial charge on any atom is -0.494 e. The van der Waals surface area contributed by atoms with E-state index in [2.05, 4.69) is 27.4 Å². The average Bonchev–Trinajstić information content (AvgIpc) is 3.02. The van der Waals surface area contributed by atoms with Crippen LogP contribution in [0.1, 0.15) is 24.2 Å². The van der Waals surface area contributed by atoms with Crippen LogP contribution in [0.3, 0.4) is 0 Å². The summed E-state index contributed by atoms with van der Waals surface area (Å²) in [6.07, 6.45) is 1.28. The number of benzene rings is 2. The van der Waals surface area contributed by atoms with Gasteiger partial charge in [0.05, 0.1) is 30.3 Å². The molecule has 0 spiro atoms. The number of nitrogens with one attached hydrogen (secondary N) is 2. The van der Waals surface area contributed by atoms with Gasteiger partial charge in [-0.15, -0.1) is 0 Å². The van der Waals surface area contributed by atoms with Crippen molar-refractivity contribution in [1.29, 1.82) is 5.26 Å². The summed E-state index contributed by atoms with van der Waals surface area (Å²) in [4.78, 5) is 7.86. The molecule has 0 aliphatic carbocycles. The quantitative estimate of drug-likeness (QED) is 0.623. The number of aromatic amines is 1. The summed E-state index contributed by atoms with van der Waals surface area (Å²) in [5.41, 5.74) is 3.20. The summed E-state index contributed by atoms with van der Waals surface area (Å²) >= 11 is 0. The second kappa shape index (κ2) is 8.14. The highest BCUT2D eigenvalue weighted by Gasteiger charge is 2.02. The van der Waals surface area contributed by atoms with Crippen LogP contribution >= 0.6 is 0 Å². The molecule has 122 valence electrons. The molecule has 0 amide bonds. The molecule has 2 N–H and O–H groups in total. The lowest BCUT2D eigenvalue weighted by molar-refractivity contribution is 0.312. The van der Waals surface area contributed by atoms with E-state index in [1.807, 2.05) is 42.5 Å². The topological polar surface area (TPSA) is 73.7 Å². The number of fused-ring (bicyclic) bond motifs is 1. The van der Waals surface area contributed by atoms with E-state index >= 15 is 0 Å². The van der Waals surface area contributed by atoms with Crippen LogP contribution in [0.5, 0.6) is 5.75 Å². The van der Waals surface area contributed by atoms with Gasteiger partial charge in [-0.3, -0.25) is 0 Å². The first-order valence-corrected chi connectivity index (χ1v) is 8.08. The summed E-state index contributed by atoms with van der Waals surface area (Å²) in [5, 5.41) is 11.9. The SMILES string of the molecule is N#CCCCOc1cccc(CNCc2nc3ccccc3[nH]2)c1. The predicted octanol–water partition coefficient (Wildman–Crippen LogP) is 3.54. The van der Waals surface area contributed by atoms with Crippen molar-refractivity contribution in [3.8, 4) is 11.8 Å². The van der Waals surface area contributed by atoms with E-state index in [1.54, 1.807) is 0 Å². The molecule has 0 saturated carbocycles. The molecule has 1 heterocycles. The third-order valence-corrected chi connectivity index (χ3v) is 3.66. The summed E-state index contributed by atoms with van der Waals surface area (Å²) in [6, 6.07) is 18.1. The first-order chi connectivity index (χ1) is 11.8. The lowest BCUT2D eigenvalue weighted by Gasteiger charge is -2.08. The van der Waals surface area contributed by atoms with Crippen LogP contribution in [0.2, 0.25) is 0 Å². The highest BCUT2D eigenvalue weighted by Crippen LogP contribution is 2.14. The number of unbranched alkanes of at least 4 members (excludes halogenated alkanes) is 1. The summed E-state index contributed by atoms with van der Waals surface area (Å²) < 4.78 is 5.66. The van der Waals surface area contributed by atoms with Gasteiger partial charge in [-0.1, -0.05) is 24.3 Å². The molecule has 3 rings (SSSR count). The molecule has 2 aromatic carbocycles. The normalized spacial score (nSPS) is 10.6. The zero-order chi connectivity index (χ0) is 16.6. The number of nitrogens with zero attached hydrogens (tertiary/aromatic N) is 2. The van der Waals surface area contributed by atoms with Gasteiger partial charge in [0.15, 0.2) is 0 Å². The van der Waals surface area contributed by atoms with Gasteiger partial charge in [0, 0.05) is 13.0 Å². The molecule has 0 bridgehead atoms. The number of hydrogen-bond donors (Lipinski definition) is 2. The lowest BCUT2D eigenvalue weighted by atomic mass is 10.2. The van der Waals surface area contributed by atoms with E-state index in [9.17, 15) is 0 Å². The molecule has 5 nitrogen and oxygen atoms in total. The van der Waals surface area contributed by atoms with Crippen LogP contribution in [0.25, 0.3) is 11.0 Å². The van der Waals surface area contributed by atoms with Crippen molar-refractivity contribution >= 4 is 11.0 Å². The van der Waals surface area contributed by atoms with E-state index in [0.717, 1.165) is 41.1 Å². The second-order valence-corrected chi connectivity index (χ2v) is 5.56. The van der Waals surface area contributed by atoms with Crippen LogP contribution in [-0.2, 0) is 13.1 Å². The van der Waals surface area contributed by atoms with Crippen LogP contribution in [0.4, 0.5) is 0 Å². The van der Waals surface area contributed by atoms with Gasteiger partial charge in [-0.05, 0) is 36.2 Å². The fourth-order valence-electron chi connectivity index (χ4n) is 2.50. The Balaban J connectivity index is 1.50. The first-order valence-electron chi connectivity index (χ1n) is 8.08. The van der Waals surface area contributed by atoms with Gasteiger partial charge in [0.25, 0.3) is 0 Å². The Morgan fingerprint density at radius 2 is 2.04 bits per heavy atom. The maximum atomic E-state index is 8.52. The third-order valence-electron chi connectivity index (χ3n) is 3.66. The van der Waals surface area contributed by atoms with E-state index in [4.69, 9.17) is 10.00 Å². The number of imidazole rings is 1. The van der Waals surface area contributed by atoms with Crippen molar-refractivity contribution in [3.05, 3.63) is 59.9 Å². The Bertz CT molecular complexity index is 801. The molecule has 0 radical (unpaired) electrons. The van der Waals surface area contributed by atoms with Crippen LogP contribution in [0, 0.1) is 11.3 Å². The maximum absolute atomic E-state index is 8.52. The number of ether oxygens (including phenoxy) is 1. The Morgan fingerprint density at radius 3 is 2.92 bits per heavy atom. The number of para-hydroxylation sites is 2. The molecular formula is C19H20N4O. The largest absolute Gasteiger partial charge is 0.494 e. The number of H-pyrrole nitrogens is 1. The Kier molecular flexibility index (Phi) is 5.44. The van der Waals surface area contributed by atoms with Gasteiger partial charge in [0.2, 0.25) is 0 Å². The van der Waals surface area contributed by atoms with Crippen molar-refractivity contribution in [2.24, 2.45) is 0 Å². The van der Waals surface area contributed by atoms with Gasteiger partial charge in [0.1, 0.15) is 11.6 Å². The van der Waals surface area contributed by atoms with E-state index in [-0.39, 0.29) is 0 Å². The van der Waals surface area contributed by atoms with Crippen molar-refractivity contribution in [2.75, 3.05) is 6.61 Å². The van der Waals surface area contributed by atoms with Gasteiger partial charge in [-0.25, -0.2) is 4.98 Å². The minimum absolute atomic E-state index is 0.527. The molecule has 0 aliphatic rings. The minimum atomic E-state index is 0.527. The average molecular weight is 320 g/mol. The molecule has 0 unspecified atom stereocenters. The summed E-state index contributed by atoms with van der Waals surface area (Å²) in [5.74, 6) is 1.77. The van der Waals surface area contributed by atoms with E-state index < -0.39 is 0 Å². The fourth-order valence-corrected chi connectivity index (χ4v) is 2.50. The van der Waals surface area contributed by atoms with E-state index in [1.165, 1.54) is 0 Å². The highest BCUT2D eigenvalue weighted by atomic mass is 16.5. The lowest BCUT2D eigenvalue weighted by Crippen LogP contribution is -2.13. The van der Waals surface area contributed by atoms with Gasteiger partial charge >= 0.3 is 0 Å². The first kappa shape index (κ1) is 16.0. The van der Waals surface area contributed by atoms with Crippen LogP contribution in [-0.4, -0.2) is 16.6 Å². The van der Waals surface area contributed by atoms with Crippen LogP contribution < -0.4 is 10.1 Å². The molecule has 1 aromatic heterocycles. The van der Waals surface area contributed by atoms with E-state index in [0.29, 0.717) is 19.6 Å². The molecule has 5 heteroatoms. The van der Waals surface area contributed by atoms with Crippen molar-refractivity contribution in [2.45, 2.75) is 25.9 Å².